The first-order valence-electron chi connectivity index (χ1n) is 16.6. The molecule has 8 nitrogen and oxygen atoms in total. The number of ether oxygens (including phenoxy) is 1. The van der Waals surface area contributed by atoms with Crippen molar-refractivity contribution in [2.75, 3.05) is 26.2 Å². The Labute approximate surface area is 286 Å². The molecule has 1 unspecified atom stereocenters. The van der Waals surface area contributed by atoms with Gasteiger partial charge in [0.2, 0.25) is 0 Å². The van der Waals surface area contributed by atoms with Crippen molar-refractivity contribution in [1.29, 1.82) is 0 Å². The summed E-state index contributed by atoms with van der Waals surface area (Å²) in [4.78, 5) is 41.2. The lowest BCUT2D eigenvalue weighted by Crippen LogP contribution is -2.56. The van der Waals surface area contributed by atoms with Crippen LogP contribution in [0.25, 0.3) is 0 Å². The van der Waals surface area contributed by atoms with Crippen molar-refractivity contribution >= 4 is 18.0 Å². The number of likely N-dealkylation sites (tertiary alicyclic amines) is 2. The fourth-order valence-electron chi connectivity index (χ4n) is 7.28. The molecule has 3 fully saturated rings. The molecule has 0 saturated carbocycles. The van der Waals surface area contributed by atoms with Gasteiger partial charge in [0.15, 0.2) is 0 Å². The topological polar surface area (TPSA) is 90.4 Å². The molecular weight excluding hydrogens is 675 g/mol. The van der Waals surface area contributed by atoms with Crippen LogP contribution >= 0.6 is 0 Å². The number of unbranched alkanes of at least 4 members (excludes halogenated alkanes) is 1. The van der Waals surface area contributed by atoms with E-state index in [-0.39, 0.29) is 24.1 Å². The minimum absolute atomic E-state index is 0.0817. The molecule has 1 atom stereocenters. The van der Waals surface area contributed by atoms with Crippen LogP contribution in [0.1, 0.15) is 84.5 Å². The van der Waals surface area contributed by atoms with Gasteiger partial charge in [0.05, 0.1) is 18.2 Å². The molecule has 0 bridgehead atoms. The molecule has 0 aromatic heterocycles. The number of aliphatic carboxylic acids is 1. The summed E-state index contributed by atoms with van der Waals surface area (Å²) in [5.41, 5.74) is 0.798. The van der Waals surface area contributed by atoms with Crippen molar-refractivity contribution in [3.05, 3.63) is 70.0 Å². The third-order valence-corrected chi connectivity index (χ3v) is 9.91. The molecule has 3 saturated heterocycles. The largest absolute Gasteiger partial charge is 0.490 e. The van der Waals surface area contributed by atoms with E-state index in [1.807, 2.05) is 43.9 Å². The van der Waals surface area contributed by atoms with Gasteiger partial charge >= 0.3 is 24.4 Å². The number of hydrogen-bond donors (Lipinski definition) is 1. The highest BCUT2D eigenvalue weighted by Gasteiger charge is 2.55. The Morgan fingerprint density at radius 1 is 0.960 bits per heavy atom. The van der Waals surface area contributed by atoms with Crippen molar-refractivity contribution in [3.63, 3.8) is 0 Å². The Bertz CT molecular complexity index is 1510. The van der Waals surface area contributed by atoms with Crippen LogP contribution in [0.5, 0.6) is 0 Å². The molecule has 0 radical (unpaired) electrons. The Balaban J connectivity index is 0.000000727. The van der Waals surface area contributed by atoms with Crippen molar-refractivity contribution in [1.82, 2.24) is 14.7 Å². The number of alkyl halides is 6. The number of halogens is 7. The number of rotatable bonds is 7. The van der Waals surface area contributed by atoms with Crippen LogP contribution in [-0.2, 0) is 22.3 Å². The molecule has 2 aromatic rings. The van der Waals surface area contributed by atoms with Gasteiger partial charge in [0.1, 0.15) is 11.4 Å². The molecule has 1 N–H and O–H groups in total. The smallest absolute Gasteiger partial charge is 0.475 e. The minimum Gasteiger partial charge on any atom is -0.475 e. The van der Waals surface area contributed by atoms with Gasteiger partial charge in [0, 0.05) is 50.6 Å². The van der Waals surface area contributed by atoms with Crippen LogP contribution in [0.15, 0.2) is 36.4 Å². The predicted octanol–water partition coefficient (Wildman–Crippen LogP) is 7.75. The average Bonchev–Trinajstić information content (AvgIpc) is 3.29. The molecule has 276 valence electrons. The summed E-state index contributed by atoms with van der Waals surface area (Å²) in [7, 11) is 0. The van der Waals surface area contributed by atoms with Gasteiger partial charge in [-0.2, -0.15) is 26.3 Å². The molecule has 3 aliphatic heterocycles. The second-order valence-corrected chi connectivity index (χ2v) is 13.1. The van der Waals surface area contributed by atoms with Gasteiger partial charge in [0.25, 0.3) is 5.91 Å². The quantitative estimate of drug-likeness (QED) is 0.295. The number of amides is 2. The van der Waals surface area contributed by atoms with Gasteiger partial charge in [-0.05, 0) is 61.9 Å². The summed E-state index contributed by atoms with van der Waals surface area (Å²) in [6.45, 7) is 8.48. The summed E-state index contributed by atoms with van der Waals surface area (Å²) in [6.07, 6.45) is -5.19. The lowest BCUT2D eigenvalue weighted by Gasteiger charge is -2.46. The van der Waals surface area contributed by atoms with Crippen LogP contribution in [0, 0.1) is 19.7 Å². The van der Waals surface area contributed by atoms with E-state index in [0.29, 0.717) is 57.5 Å². The van der Waals surface area contributed by atoms with E-state index in [0.717, 1.165) is 54.5 Å². The number of nitrogens with zero attached hydrogens (tertiary/aromatic N) is 3. The van der Waals surface area contributed by atoms with Crippen LogP contribution in [0.2, 0.25) is 0 Å². The number of carboxylic acids is 1. The molecule has 1 spiro atoms. The van der Waals surface area contributed by atoms with Gasteiger partial charge in [-0.3, -0.25) is 14.6 Å². The highest BCUT2D eigenvalue weighted by molar-refractivity contribution is 5.97. The molecule has 2 aromatic carbocycles. The Morgan fingerprint density at radius 2 is 1.54 bits per heavy atom. The van der Waals surface area contributed by atoms with E-state index in [1.54, 1.807) is 0 Å². The monoisotopic (exact) mass is 717 g/mol. The summed E-state index contributed by atoms with van der Waals surface area (Å²) < 4.78 is 92.7. The van der Waals surface area contributed by atoms with E-state index >= 15 is 0 Å². The summed E-state index contributed by atoms with van der Waals surface area (Å²) in [5, 5.41) is 7.12. The van der Waals surface area contributed by atoms with Crippen LogP contribution in [-0.4, -0.2) is 87.8 Å². The van der Waals surface area contributed by atoms with Gasteiger partial charge in [-0.1, -0.05) is 44.0 Å². The number of carbonyl (C=O) groups excluding carboxylic acids is 2. The second kappa shape index (κ2) is 15.6. The number of aryl methyl sites for hydroxylation is 2. The lowest BCUT2D eigenvalue weighted by atomic mass is 9.80. The molecule has 5 rings (SSSR count). The van der Waals surface area contributed by atoms with Crippen LogP contribution in [0.3, 0.4) is 0 Å². The molecule has 2 amide bonds. The first-order valence-corrected chi connectivity index (χ1v) is 16.6. The molecular formula is C35H42F7N3O5. The van der Waals surface area contributed by atoms with E-state index < -0.39 is 41.4 Å². The fourth-order valence-corrected chi connectivity index (χ4v) is 7.28. The summed E-state index contributed by atoms with van der Waals surface area (Å²) in [5.74, 6) is -3.64. The van der Waals surface area contributed by atoms with Gasteiger partial charge in [-0.25, -0.2) is 14.0 Å². The number of carboxylic acid groups (broad SMARTS) is 1. The van der Waals surface area contributed by atoms with Crippen molar-refractivity contribution in [2.45, 2.75) is 102 Å². The standard InChI is InChI=1S/C33H41F4N3O3.C2HF3O2/c1-4-5-9-28-32(43-31(42)40(28)21-24-10-11-25(34)20-27(24)33(35,36)37)14-18-38(19-15-32)26-12-16-39(17-13-26)30(41)29-22(2)7-6-8-23(29)3;3-2(4,5)1(6)7/h6-8,10-11,20,26,28H,4-5,9,12-19,21H2,1-3H3;(H,6,7). The number of piperidine rings is 2. The maximum absolute atomic E-state index is 13.7. The maximum atomic E-state index is 13.7. The zero-order chi connectivity index (χ0) is 37.0. The number of carbonyl (C=O) groups is 3. The molecule has 50 heavy (non-hydrogen) atoms. The third-order valence-electron chi connectivity index (χ3n) is 9.91. The molecule has 3 heterocycles. The average molecular weight is 718 g/mol. The fraction of sp³-hybridized carbons (Fsp3) is 0.571. The van der Waals surface area contributed by atoms with Gasteiger partial charge < -0.3 is 14.7 Å². The number of benzene rings is 2. The SMILES string of the molecule is CCCCC1N(Cc2ccc(F)cc2C(F)(F)F)C(=O)OC12CCN(C1CCN(C(=O)c3c(C)cccc3C)CC1)CC2.O=C(O)C(F)(F)F. The molecule has 15 heteroatoms. The highest BCUT2D eigenvalue weighted by Crippen LogP contribution is 2.43. The Hall–Kier alpha value is -3.88. The summed E-state index contributed by atoms with van der Waals surface area (Å²) >= 11 is 0. The zero-order valence-electron chi connectivity index (χ0n) is 28.2. The van der Waals surface area contributed by atoms with E-state index in [2.05, 4.69) is 4.90 Å². The van der Waals surface area contributed by atoms with Crippen molar-refractivity contribution in [3.8, 4) is 0 Å². The van der Waals surface area contributed by atoms with E-state index in [1.165, 1.54) is 4.90 Å². The van der Waals surface area contributed by atoms with E-state index in [9.17, 15) is 40.3 Å². The lowest BCUT2D eigenvalue weighted by molar-refractivity contribution is -0.192. The predicted molar refractivity (Wildman–Crippen MR) is 169 cm³/mol. The normalized spacial score (nSPS) is 20.0. The zero-order valence-corrected chi connectivity index (χ0v) is 28.2. The van der Waals surface area contributed by atoms with Crippen molar-refractivity contribution in [2.24, 2.45) is 0 Å². The highest BCUT2D eigenvalue weighted by atomic mass is 19.4. The third kappa shape index (κ3) is 8.88. The van der Waals surface area contributed by atoms with E-state index in [4.69, 9.17) is 14.6 Å². The first kappa shape index (κ1) is 38.9. The van der Waals surface area contributed by atoms with Crippen LogP contribution in [0.4, 0.5) is 35.5 Å². The second-order valence-electron chi connectivity index (χ2n) is 13.1. The van der Waals surface area contributed by atoms with Crippen molar-refractivity contribution < 1.29 is 55.0 Å². The Kier molecular flexibility index (Phi) is 12.1. The number of hydrogen-bond acceptors (Lipinski definition) is 5. The van der Waals surface area contributed by atoms with Crippen LogP contribution < -0.4 is 0 Å². The first-order chi connectivity index (χ1) is 23.4. The van der Waals surface area contributed by atoms with Gasteiger partial charge in [-0.15, -0.1) is 0 Å². The molecule has 0 aliphatic carbocycles. The summed E-state index contributed by atoms with van der Waals surface area (Å²) in [6, 6.07) is 8.47. The Morgan fingerprint density at radius 3 is 2.06 bits per heavy atom. The molecule has 3 aliphatic rings. The minimum atomic E-state index is -5.08. The maximum Gasteiger partial charge on any atom is 0.490 e.